The second-order valence-corrected chi connectivity index (χ2v) is 4.71. The lowest BCUT2D eigenvalue weighted by atomic mass is 10.2. The molecule has 0 radical (unpaired) electrons. The monoisotopic (exact) mass is 246 g/mol. The molecule has 0 spiro atoms. The Labute approximate surface area is 105 Å². The average Bonchev–Trinajstić information content (AvgIpc) is 2.58. The van der Waals surface area contributed by atoms with Crippen LogP contribution in [0.3, 0.4) is 0 Å². The van der Waals surface area contributed by atoms with Crippen LogP contribution in [0.2, 0.25) is 0 Å². The molecular weight excluding hydrogens is 232 g/mol. The van der Waals surface area contributed by atoms with Crippen molar-refractivity contribution >= 4 is 29.6 Å². The Hall–Kier alpha value is -1.55. The van der Waals surface area contributed by atoms with Crippen LogP contribution in [0, 0.1) is 0 Å². The number of thioether (sulfide) groups is 1. The van der Waals surface area contributed by atoms with E-state index in [0.29, 0.717) is 5.70 Å². The Balaban J connectivity index is 2.28. The largest absolute Gasteiger partial charge is 0.298 e. The zero-order valence-electron chi connectivity index (χ0n) is 10.1. The van der Waals surface area contributed by atoms with Crippen LogP contribution in [-0.2, 0) is 4.79 Å². The van der Waals surface area contributed by atoms with Crippen LogP contribution < -0.4 is 0 Å². The van der Waals surface area contributed by atoms with Crippen LogP contribution in [0.5, 0.6) is 0 Å². The zero-order valence-corrected chi connectivity index (χ0v) is 10.9. The van der Waals surface area contributed by atoms with Gasteiger partial charge in [-0.2, -0.15) is 0 Å². The van der Waals surface area contributed by atoms with E-state index in [9.17, 15) is 4.79 Å². The Bertz CT molecular complexity index is 503. The van der Waals surface area contributed by atoms with Crippen LogP contribution in [0.15, 0.2) is 39.9 Å². The lowest BCUT2D eigenvalue weighted by Gasteiger charge is -2.06. The third-order valence-electron chi connectivity index (χ3n) is 2.71. The summed E-state index contributed by atoms with van der Waals surface area (Å²) in [6, 6.07) is 8.07. The maximum absolute atomic E-state index is 11.8. The van der Waals surface area contributed by atoms with Gasteiger partial charge in [-0.15, -0.1) is 11.8 Å². The van der Waals surface area contributed by atoms with E-state index in [1.54, 1.807) is 23.7 Å². The highest BCUT2D eigenvalue weighted by Gasteiger charge is 2.23. The minimum Gasteiger partial charge on any atom is -0.298 e. The second-order valence-electron chi connectivity index (χ2n) is 3.83. The van der Waals surface area contributed by atoms with E-state index >= 15 is 0 Å². The summed E-state index contributed by atoms with van der Waals surface area (Å²) in [4.78, 5) is 18.8. The summed E-state index contributed by atoms with van der Waals surface area (Å²) in [5, 5.41) is 0. The van der Waals surface area contributed by atoms with Gasteiger partial charge in [-0.05, 0) is 37.0 Å². The topological polar surface area (TPSA) is 32.7 Å². The Kier molecular flexibility index (Phi) is 3.33. The predicted octanol–water partition coefficient (Wildman–Crippen LogP) is 2.64. The maximum atomic E-state index is 11.8. The van der Waals surface area contributed by atoms with Gasteiger partial charge in [0.25, 0.3) is 5.91 Å². The van der Waals surface area contributed by atoms with Crippen molar-refractivity contribution < 1.29 is 4.79 Å². The number of amidine groups is 1. The lowest BCUT2D eigenvalue weighted by Crippen LogP contribution is -2.25. The molecule has 1 heterocycles. The molecule has 17 heavy (non-hydrogen) atoms. The van der Waals surface area contributed by atoms with Crippen molar-refractivity contribution in [2.75, 3.05) is 13.3 Å². The van der Waals surface area contributed by atoms with Gasteiger partial charge >= 0.3 is 0 Å². The maximum Gasteiger partial charge on any atom is 0.277 e. The number of nitrogens with zero attached hydrogens (tertiary/aromatic N) is 2. The summed E-state index contributed by atoms with van der Waals surface area (Å²) >= 11 is 1.70. The van der Waals surface area contributed by atoms with Crippen molar-refractivity contribution in [1.82, 2.24) is 4.90 Å². The Morgan fingerprint density at radius 2 is 1.94 bits per heavy atom. The lowest BCUT2D eigenvalue weighted by molar-refractivity contribution is -0.121. The molecule has 1 aromatic rings. The SMILES string of the molecule is CSc1ccc(/C=C2/N=C(C)N(C)C2=O)cc1. The van der Waals surface area contributed by atoms with Crippen molar-refractivity contribution in [3.05, 3.63) is 35.5 Å². The molecule has 0 bridgehead atoms. The number of benzene rings is 1. The number of hydrogen-bond donors (Lipinski definition) is 0. The minimum absolute atomic E-state index is 0.0450. The number of likely N-dealkylation sites (N-methyl/N-ethyl adjacent to an activating group) is 1. The van der Waals surface area contributed by atoms with Gasteiger partial charge in [0.15, 0.2) is 0 Å². The fourth-order valence-corrected chi connectivity index (χ4v) is 1.98. The first-order chi connectivity index (χ1) is 8.11. The molecule has 2 rings (SSSR count). The number of hydrogen-bond acceptors (Lipinski definition) is 3. The summed E-state index contributed by atoms with van der Waals surface area (Å²) in [5.41, 5.74) is 1.50. The summed E-state index contributed by atoms with van der Waals surface area (Å²) in [6.45, 7) is 1.83. The van der Waals surface area contributed by atoms with Crippen molar-refractivity contribution in [2.24, 2.45) is 4.99 Å². The van der Waals surface area contributed by atoms with E-state index in [4.69, 9.17) is 0 Å². The summed E-state index contributed by atoms with van der Waals surface area (Å²) < 4.78 is 0. The number of rotatable bonds is 2. The molecule has 0 saturated heterocycles. The first-order valence-corrected chi connectivity index (χ1v) is 6.53. The molecule has 1 aliphatic heterocycles. The Morgan fingerprint density at radius 1 is 1.29 bits per heavy atom. The molecule has 4 heteroatoms. The third-order valence-corrected chi connectivity index (χ3v) is 3.45. The summed E-state index contributed by atoms with van der Waals surface area (Å²) in [6.07, 6.45) is 3.86. The quantitative estimate of drug-likeness (QED) is 0.593. The van der Waals surface area contributed by atoms with Gasteiger partial charge in [0.1, 0.15) is 11.5 Å². The molecule has 1 aliphatic rings. The fraction of sp³-hybridized carbons (Fsp3) is 0.231. The van der Waals surface area contributed by atoms with Gasteiger partial charge in [0.2, 0.25) is 0 Å². The average molecular weight is 246 g/mol. The molecule has 0 aromatic heterocycles. The molecule has 0 saturated carbocycles. The van der Waals surface area contributed by atoms with E-state index in [1.807, 2.05) is 43.5 Å². The molecule has 0 atom stereocenters. The number of carbonyl (C=O) groups is 1. The first kappa shape index (κ1) is 11.9. The number of aliphatic imine (C=N–C) groups is 1. The van der Waals surface area contributed by atoms with Crippen LogP contribution in [-0.4, -0.2) is 29.9 Å². The summed E-state index contributed by atoms with van der Waals surface area (Å²) in [7, 11) is 1.73. The van der Waals surface area contributed by atoms with E-state index in [1.165, 1.54) is 4.90 Å². The Morgan fingerprint density at radius 3 is 2.41 bits per heavy atom. The van der Waals surface area contributed by atoms with Gasteiger partial charge in [-0.25, -0.2) is 4.99 Å². The van der Waals surface area contributed by atoms with Crippen LogP contribution >= 0.6 is 11.8 Å². The fourth-order valence-electron chi connectivity index (χ4n) is 1.57. The van der Waals surface area contributed by atoms with E-state index < -0.39 is 0 Å². The summed E-state index contributed by atoms with van der Waals surface area (Å²) in [5.74, 6) is 0.693. The standard InChI is InChI=1S/C13H14N2OS/c1-9-14-12(13(16)15(9)2)8-10-4-6-11(17-3)7-5-10/h4-8H,1-3H3/b12-8+. The molecule has 0 fully saturated rings. The van der Waals surface area contributed by atoms with E-state index in [2.05, 4.69) is 4.99 Å². The van der Waals surface area contributed by atoms with Gasteiger partial charge in [-0.1, -0.05) is 12.1 Å². The van der Waals surface area contributed by atoms with Gasteiger partial charge in [-0.3, -0.25) is 9.69 Å². The van der Waals surface area contributed by atoms with Crippen molar-refractivity contribution in [3.8, 4) is 0 Å². The van der Waals surface area contributed by atoms with E-state index in [-0.39, 0.29) is 5.91 Å². The molecule has 3 nitrogen and oxygen atoms in total. The zero-order chi connectivity index (χ0) is 12.4. The molecule has 0 aliphatic carbocycles. The van der Waals surface area contributed by atoms with Gasteiger partial charge < -0.3 is 0 Å². The predicted molar refractivity (Wildman–Crippen MR) is 72.1 cm³/mol. The van der Waals surface area contributed by atoms with Crippen molar-refractivity contribution in [3.63, 3.8) is 0 Å². The van der Waals surface area contributed by atoms with Crippen LogP contribution in [0.25, 0.3) is 6.08 Å². The highest BCUT2D eigenvalue weighted by atomic mass is 32.2. The van der Waals surface area contributed by atoms with Crippen molar-refractivity contribution in [2.45, 2.75) is 11.8 Å². The smallest absolute Gasteiger partial charge is 0.277 e. The molecular formula is C13H14N2OS. The van der Waals surface area contributed by atoms with Crippen LogP contribution in [0.4, 0.5) is 0 Å². The van der Waals surface area contributed by atoms with E-state index in [0.717, 1.165) is 11.4 Å². The highest BCUT2D eigenvalue weighted by Crippen LogP contribution is 2.19. The second kappa shape index (κ2) is 4.75. The highest BCUT2D eigenvalue weighted by molar-refractivity contribution is 7.98. The van der Waals surface area contributed by atoms with Crippen molar-refractivity contribution in [1.29, 1.82) is 0 Å². The number of amides is 1. The molecule has 88 valence electrons. The molecule has 0 unspecified atom stereocenters. The minimum atomic E-state index is -0.0450. The van der Waals surface area contributed by atoms with Gasteiger partial charge in [0, 0.05) is 11.9 Å². The third kappa shape index (κ3) is 2.42. The molecule has 1 aromatic carbocycles. The molecule has 1 amide bonds. The first-order valence-electron chi connectivity index (χ1n) is 5.31. The van der Waals surface area contributed by atoms with Crippen LogP contribution in [0.1, 0.15) is 12.5 Å². The molecule has 0 N–H and O–H groups in total. The normalized spacial score (nSPS) is 17.8. The van der Waals surface area contributed by atoms with Gasteiger partial charge in [0.05, 0.1) is 0 Å². The number of carbonyl (C=O) groups excluding carboxylic acids is 1.